The Morgan fingerprint density at radius 2 is 1.79 bits per heavy atom. The fraction of sp³-hybridized carbons (Fsp3) is 0.500. The van der Waals surface area contributed by atoms with Gasteiger partial charge in [0.15, 0.2) is 0 Å². The third-order valence-electron chi connectivity index (χ3n) is 6.20. The number of anilines is 1. The van der Waals surface area contributed by atoms with Gasteiger partial charge >= 0.3 is 0 Å². The van der Waals surface area contributed by atoms with Crippen molar-refractivity contribution in [3.63, 3.8) is 0 Å². The maximum absolute atomic E-state index is 11.4. The molecule has 1 N–H and O–H groups in total. The number of hydrogen-bond acceptors (Lipinski definition) is 3. The van der Waals surface area contributed by atoms with Crippen molar-refractivity contribution in [3.05, 3.63) is 64.7 Å². The lowest BCUT2D eigenvalue weighted by atomic mass is 9.80. The Bertz CT molecular complexity index is 773. The number of aliphatic hydroxyl groups is 1. The molecule has 2 aromatic rings. The van der Waals surface area contributed by atoms with Gasteiger partial charge in [0.25, 0.3) is 0 Å². The number of rotatable bonds is 7. The van der Waals surface area contributed by atoms with E-state index in [1.807, 2.05) is 18.2 Å². The maximum Gasteiger partial charge on any atom is 0.0722 e. The van der Waals surface area contributed by atoms with Crippen LogP contribution in [0.4, 0.5) is 5.69 Å². The van der Waals surface area contributed by atoms with E-state index in [2.05, 4.69) is 60.9 Å². The van der Waals surface area contributed by atoms with Gasteiger partial charge in [0.05, 0.1) is 5.60 Å². The Labute approximate surface area is 174 Å². The molecular weight excluding hydrogens is 368 g/mol. The summed E-state index contributed by atoms with van der Waals surface area (Å²) in [4.78, 5) is 4.88. The first kappa shape index (κ1) is 21.2. The first-order valence-corrected chi connectivity index (χ1v) is 10.8. The van der Waals surface area contributed by atoms with Crippen molar-refractivity contribution in [1.82, 2.24) is 4.90 Å². The van der Waals surface area contributed by atoms with Crippen LogP contribution in [0.3, 0.4) is 0 Å². The summed E-state index contributed by atoms with van der Waals surface area (Å²) in [5.74, 6) is 0.218. The Hall–Kier alpha value is -1.55. The molecule has 0 bridgehead atoms. The summed E-state index contributed by atoms with van der Waals surface area (Å²) < 4.78 is 0. The van der Waals surface area contributed by atoms with E-state index in [0.717, 1.165) is 50.6 Å². The van der Waals surface area contributed by atoms with E-state index in [1.54, 1.807) is 0 Å². The van der Waals surface area contributed by atoms with Crippen LogP contribution in [0, 0.1) is 12.8 Å². The highest BCUT2D eigenvalue weighted by Gasteiger charge is 2.34. The van der Waals surface area contributed by atoms with Gasteiger partial charge in [-0.1, -0.05) is 61.3 Å². The van der Waals surface area contributed by atoms with Crippen molar-refractivity contribution in [2.45, 2.75) is 39.2 Å². The Kier molecular flexibility index (Phi) is 7.03. The molecule has 1 aliphatic heterocycles. The molecule has 1 saturated heterocycles. The standard InChI is InChI=1S/C24H33ClN2O/c1-4-24(28,17-21-8-5-7-19(2)15-21)20(3)18-26-11-13-27(14-12-26)23-10-6-9-22(25)16-23/h5-10,15-16,20,28H,4,11-14,17-18H2,1-3H3. The van der Waals surface area contributed by atoms with Gasteiger partial charge in [-0.15, -0.1) is 0 Å². The van der Waals surface area contributed by atoms with Gasteiger partial charge < -0.3 is 10.0 Å². The van der Waals surface area contributed by atoms with Gasteiger partial charge in [-0.3, -0.25) is 4.90 Å². The van der Waals surface area contributed by atoms with Crippen LogP contribution in [0.15, 0.2) is 48.5 Å². The monoisotopic (exact) mass is 400 g/mol. The summed E-state index contributed by atoms with van der Waals surface area (Å²) in [6.07, 6.45) is 1.49. The lowest BCUT2D eigenvalue weighted by Crippen LogP contribution is -2.51. The second kappa shape index (κ2) is 9.30. The van der Waals surface area contributed by atoms with E-state index in [1.165, 1.54) is 16.8 Å². The van der Waals surface area contributed by atoms with Crippen LogP contribution in [0.1, 0.15) is 31.4 Å². The summed E-state index contributed by atoms with van der Waals surface area (Å²) in [5, 5.41) is 12.2. The van der Waals surface area contributed by atoms with E-state index < -0.39 is 5.60 Å². The van der Waals surface area contributed by atoms with Gasteiger partial charge in [0, 0.05) is 49.9 Å². The molecule has 2 unspecified atom stereocenters. The van der Waals surface area contributed by atoms with E-state index in [-0.39, 0.29) is 5.92 Å². The zero-order chi connectivity index (χ0) is 20.1. The summed E-state index contributed by atoms with van der Waals surface area (Å²) >= 11 is 6.14. The van der Waals surface area contributed by atoms with Crippen molar-refractivity contribution in [2.24, 2.45) is 5.92 Å². The molecule has 28 heavy (non-hydrogen) atoms. The highest BCUT2D eigenvalue weighted by atomic mass is 35.5. The Morgan fingerprint density at radius 3 is 2.43 bits per heavy atom. The zero-order valence-electron chi connectivity index (χ0n) is 17.4. The molecule has 0 spiro atoms. The third-order valence-corrected chi connectivity index (χ3v) is 6.44. The minimum absolute atomic E-state index is 0.218. The molecule has 1 aliphatic rings. The Morgan fingerprint density at radius 1 is 1.07 bits per heavy atom. The molecular formula is C24H33ClN2O. The molecule has 0 amide bonds. The predicted octanol–water partition coefficient (Wildman–Crippen LogP) is 4.79. The van der Waals surface area contributed by atoms with Crippen LogP contribution in [0.5, 0.6) is 0 Å². The smallest absolute Gasteiger partial charge is 0.0722 e. The largest absolute Gasteiger partial charge is 0.389 e. The summed E-state index contributed by atoms with van der Waals surface area (Å²) in [7, 11) is 0. The lowest BCUT2D eigenvalue weighted by Gasteiger charge is -2.41. The molecule has 0 radical (unpaired) electrons. The fourth-order valence-corrected chi connectivity index (χ4v) is 4.43. The average molecular weight is 401 g/mol. The molecule has 1 fully saturated rings. The van der Waals surface area contributed by atoms with Crippen LogP contribution in [0.25, 0.3) is 0 Å². The second-order valence-electron chi connectivity index (χ2n) is 8.29. The SMILES string of the molecule is CCC(O)(Cc1cccc(C)c1)C(C)CN1CCN(c2cccc(Cl)c2)CC1. The fourth-order valence-electron chi connectivity index (χ4n) is 4.24. The molecule has 2 aromatic carbocycles. The van der Waals surface area contributed by atoms with Gasteiger partial charge in [-0.25, -0.2) is 0 Å². The van der Waals surface area contributed by atoms with Gasteiger partial charge in [0.1, 0.15) is 0 Å². The molecule has 1 heterocycles. The van der Waals surface area contributed by atoms with E-state index in [4.69, 9.17) is 11.6 Å². The van der Waals surface area contributed by atoms with Crippen molar-refractivity contribution >= 4 is 17.3 Å². The number of aryl methyl sites for hydroxylation is 1. The molecule has 3 rings (SSSR count). The first-order chi connectivity index (χ1) is 13.4. The minimum atomic E-state index is -0.669. The number of halogens is 1. The summed E-state index contributed by atoms with van der Waals surface area (Å²) in [6, 6.07) is 16.6. The van der Waals surface area contributed by atoms with E-state index in [9.17, 15) is 5.11 Å². The van der Waals surface area contributed by atoms with Gasteiger partial charge in [-0.2, -0.15) is 0 Å². The van der Waals surface area contributed by atoms with Crippen molar-refractivity contribution < 1.29 is 5.11 Å². The topological polar surface area (TPSA) is 26.7 Å². The predicted molar refractivity (Wildman–Crippen MR) is 119 cm³/mol. The van der Waals surface area contributed by atoms with Crippen molar-refractivity contribution in [2.75, 3.05) is 37.6 Å². The molecule has 2 atom stereocenters. The number of piperazine rings is 1. The second-order valence-corrected chi connectivity index (χ2v) is 8.73. The molecule has 4 heteroatoms. The number of hydrogen-bond donors (Lipinski definition) is 1. The van der Waals surface area contributed by atoms with Crippen LogP contribution in [-0.2, 0) is 6.42 Å². The van der Waals surface area contributed by atoms with Gasteiger partial charge in [-0.05, 0) is 43.0 Å². The Balaban J connectivity index is 1.57. The van der Waals surface area contributed by atoms with E-state index >= 15 is 0 Å². The maximum atomic E-state index is 11.4. The molecule has 0 aromatic heterocycles. The van der Waals surface area contributed by atoms with Crippen LogP contribution in [0.2, 0.25) is 5.02 Å². The van der Waals surface area contributed by atoms with Crippen molar-refractivity contribution in [3.8, 4) is 0 Å². The molecule has 152 valence electrons. The molecule has 0 saturated carbocycles. The van der Waals surface area contributed by atoms with Crippen LogP contribution in [-0.4, -0.2) is 48.3 Å². The third kappa shape index (κ3) is 5.28. The average Bonchev–Trinajstić information content (AvgIpc) is 2.68. The van der Waals surface area contributed by atoms with Gasteiger partial charge in [0.2, 0.25) is 0 Å². The summed E-state index contributed by atoms with van der Waals surface area (Å²) in [5.41, 5.74) is 3.00. The molecule has 3 nitrogen and oxygen atoms in total. The lowest BCUT2D eigenvalue weighted by molar-refractivity contribution is -0.0281. The number of nitrogens with zero attached hydrogens (tertiary/aromatic N) is 2. The highest BCUT2D eigenvalue weighted by molar-refractivity contribution is 6.30. The zero-order valence-corrected chi connectivity index (χ0v) is 18.1. The minimum Gasteiger partial charge on any atom is -0.389 e. The normalized spacial score (nSPS) is 18.7. The van der Waals surface area contributed by atoms with Crippen LogP contribution >= 0.6 is 11.6 Å². The first-order valence-electron chi connectivity index (χ1n) is 10.4. The van der Waals surface area contributed by atoms with E-state index in [0.29, 0.717) is 0 Å². The number of benzene rings is 2. The molecule has 0 aliphatic carbocycles. The highest BCUT2D eigenvalue weighted by Crippen LogP contribution is 2.28. The van der Waals surface area contributed by atoms with Crippen LogP contribution < -0.4 is 4.90 Å². The van der Waals surface area contributed by atoms with Crippen molar-refractivity contribution in [1.29, 1.82) is 0 Å². The summed E-state index contributed by atoms with van der Waals surface area (Å²) in [6.45, 7) is 11.4. The quantitative estimate of drug-likeness (QED) is 0.723.